The molecule has 5 nitrogen and oxygen atoms in total. The van der Waals surface area contributed by atoms with E-state index in [1.807, 2.05) is 12.1 Å². The smallest absolute Gasteiger partial charge is 0.267 e. The van der Waals surface area contributed by atoms with Gasteiger partial charge in [-0.15, -0.1) is 0 Å². The lowest BCUT2D eigenvalue weighted by Crippen LogP contribution is -2.36. The fraction of sp³-hybridized carbons (Fsp3) is 0.350. The summed E-state index contributed by atoms with van der Waals surface area (Å²) < 4.78 is 1.21. The van der Waals surface area contributed by atoms with Gasteiger partial charge in [-0.2, -0.15) is 5.10 Å². The van der Waals surface area contributed by atoms with Crippen LogP contribution in [0.15, 0.2) is 53.3 Å². The van der Waals surface area contributed by atoms with E-state index < -0.39 is 0 Å². The molecule has 2 aromatic rings. The number of carbonyl (C=O) groups excluding carboxylic acids is 1. The van der Waals surface area contributed by atoms with Crippen molar-refractivity contribution < 1.29 is 4.79 Å². The molecule has 134 valence electrons. The summed E-state index contributed by atoms with van der Waals surface area (Å²) >= 11 is 5.90. The molecule has 0 saturated heterocycles. The van der Waals surface area contributed by atoms with E-state index in [0.717, 1.165) is 12.0 Å². The van der Waals surface area contributed by atoms with Crippen molar-refractivity contribution >= 4 is 17.5 Å². The summed E-state index contributed by atoms with van der Waals surface area (Å²) in [5, 5.41) is 7.92. The minimum atomic E-state index is -0.291. The second-order valence-corrected chi connectivity index (χ2v) is 7.50. The third-order valence-corrected chi connectivity index (χ3v) is 5.53. The number of hydrogen-bond acceptors (Lipinski definition) is 3. The monoisotopic (exact) mass is 369 g/mol. The van der Waals surface area contributed by atoms with Gasteiger partial charge >= 0.3 is 0 Å². The van der Waals surface area contributed by atoms with Crippen molar-refractivity contribution in [1.82, 2.24) is 15.1 Å². The number of amides is 1. The number of aromatic nitrogens is 2. The fourth-order valence-corrected chi connectivity index (χ4v) is 4.03. The van der Waals surface area contributed by atoms with Gasteiger partial charge in [0.1, 0.15) is 6.54 Å². The summed E-state index contributed by atoms with van der Waals surface area (Å²) in [5.41, 5.74) is 1.19. The molecule has 0 spiro atoms. The summed E-state index contributed by atoms with van der Waals surface area (Å²) in [4.78, 5) is 24.3. The molecule has 1 heterocycles. The molecule has 3 atom stereocenters. The number of rotatable bonds is 5. The Labute approximate surface area is 156 Å². The van der Waals surface area contributed by atoms with E-state index in [1.54, 1.807) is 18.2 Å². The van der Waals surface area contributed by atoms with Gasteiger partial charge in [0.15, 0.2) is 0 Å². The predicted octanol–water partition coefficient (Wildman–Crippen LogP) is 2.89. The summed E-state index contributed by atoms with van der Waals surface area (Å²) in [7, 11) is 0. The molecule has 1 aromatic carbocycles. The zero-order valence-electron chi connectivity index (χ0n) is 14.3. The lowest BCUT2D eigenvalue weighted by Gasteiger charge is -2.18. The number of nitrogens with one attached hydrogen (secondary N) is 1. The number of hydrogen-bond donors (Lipinski definition) is 1. The van der Waals surface area contributed by atoms with Crippen LogP contribution in [-0.4, -0.2) is 22.2 Å². The number of fused-ring (bicyclic) bond motifs is 2. The first-order valence-corrected chi connectivity index (χ1v) is 9.25. The van der Waals surface area contributed by atoms with Crippen LogP contribution in [0.5, 0.6) is 0 Å². The maximum atomic E-state index is 12.3. The highest BCUT2D eigenvalue weighted by Crippen LogP contribution is 2.42. The zero-order chi connectivity index (χ0) is 18.1. The largest absolute Gasteiger partial charge is 0.354 e. The quantitative estimate of drug-likeness (QED) is 0.824. The third-order valence-electron chi connectivity index (χ3n) is 5.28. The number of carbonyl (C=O) groups is 1. The summed E-state index contributed by atoms with van der Waals surface area (Å²) in [6.45, 7) is 0.590. The number of allylic oxidation sites excluding steroid dienone is 2. The van der Waals surface area contributed by atoms with Crippen LogP contribution in [0.4, 0.5) is 0 Å². The topological polar surface area (TPSA) is 64.0 Å². The second kappa shape index (κ2) is 7.08. The van der Waals surface area contributed by atoms with E-state index in [-0.39, 0.29) is 18.0 Å². The molecule has 1 aromatic heterocycles. The van der Waals surface area contributed by atoms with Crippen LogP contribution in [0.3, 0.4) is 0 Å². The minimum Gasteiger partial charge on any atom is -0.354 e. The standard InChI is InChI=1S/C20H20ClN3O2/c21-17-5-3-14(4-6-17)18-7-8-20(26)24(23-18)12-19(25)22-11-16-10-13-1-2-15(16)9-13/h1-8,13,15-16H,9-12H2,(H,22,25)/t13-,15+,16+/m0/s1. The van der Waals surface area contributed by atoms with E-state index >= 15 is 0 Å². The average molecular weight is 370 g/mol. The van der Waals surface area contributed by atoms with E-state index in [2.05, 4.69) is 22.6 Å². The van der Waals surface area contributed by atoms with Gasteiger partial charge in [-0.1, -0.05) is 35.9 Å². The Morgan fingerprint density at radius 3 is 2.65 bits per heavy atom. The molecule has 1 amide bonds. The van der Waals surface area contributed by atoms with Gasteiger partial charge < -0.3 is 5.32 Å². The number of benzene rings is 1. The summed E-state index contributed by atoms with van der Waals surface area (Å²) in [6, 6.07) is 10.3. The van der Waals surface area contributed by atoms with Crippen LogP contribution < -0.4 is 10.9 Å². The molecule has 0 aliphatic heterocycles. The van der Waals surface area contributed by atoms with Crippen LogP contribution in [0.25, 0.3) is 11.3 Å². The highest BCUT2D eigenvalue weighted by atomic mass is 35.5. The first kappa shape index (κ1) is 17.0. The van der Waals surface area contributed by atoms with Gasteiger partial charge in [0.05, 0.1) is 5.69 Å². The van der Waals surface area contributed by atoms with Crippen LogP contribution in [0.1, 0.15) is 12.8 Å². The van der Waals surface area contributed by atoms with Crippen LogP contribution in [-0.2, 0) is 11.3 Å². The molecule has 4 rings (SSSR count). The van der Waals surface area contributed by atoms with Crippen molar-refractivity contribution in [2.75, 3.05) is 6.54 Å². The SMILES string of the molecule is O=C(Cn1nc(-c2ccc(Cl)cc2)ccc1=O)NC[C@H]1C[C@H]2C=C[C@@H]1C2. The van der Waals surface area contributed by atoms with Gasteiger partial charge in [0.25, 0.3) is 5.56 Å². The van der Waals surface area contributed by atoms with Crippen molar-refractivity contribution in [3.63, 3.8) is 0 Å². The van der Waals surface area contributed by atoms with Crippen molar-refractivity contribution in [2.24, 2.45) is 17.8 Å². The maximum absolute atomic E-state index is 12.3. The predicted molar refractivity (Wildman–Crippen MR) is 101 cm³/mol. The van der Waals surface area contributed by atoms with Gasteiger partial charge in [-0.3, -0.25) is 9.59 Å². The van der Waals surface area contributed by atoms with Crippen LogP contribution >= 0.6 is 11.6 Å². The van der Waals surface area contributed by atoms with Gasteiger partial charge in [0, 0.05) is 23.2 Å². The van der Waals surface area contributed by atoms with Gasteiger partial charge in [0.2, 0.25) is 5.91 Å². The van der Waals surface area contributed by atoms with E-state index in [9.17, 15) is 9.59 Å². The Hall–Kier alpha value is -2.40. The molecular formula is C20H20ClN3O2. The second-order valence-electron chi connectivity index (χ2n) is 7.07. The Balaban J connectivity index is 1.41. The van der Waals surface area contributed by atoms with Crippen molar-refractivity contribution in [3.05, 3.63) is 63.9 Å². The molecule has 2 aliphatic rings. The first-order valence-electron chi connectivity index (χ1n) is 8.87. The summed E-state index contributed by atoms with van der Waals surface area (Å²) in [5.74, 6) is 1.61. The lowest BCUT2D eigenvalue weighted by molar-refractivity contribution is -0.122. The molecular weight excluding hydrogens is 350 g/mol. The molecule has 2 aliphatic carbocycles. The Morgan fingerprint density at radius 1 is 1.15 bits per heavy atom. The molecule has 26 heavy (non-hydrogen) atoms. The van der Waals surface area contributed by atoms with Gasteiger partial charge in [-0.05, 0) is 48.8 Å². The molecule has 1 N–H and O–H groups in total. The van der Waals surface area contributed by atoms with E-state index in [1.165, 1.54) is 17.2 Å². The zero-order valence-corrected chi connectivity index (χ0v) is 15.0. The first-order chi connectivity index (χ1) is 12.6. The van der Waals surface area contributed by atoms with Gasteiger partial charge in [-0.25, -0.2) is 4.68 Å². The molecule has 0 radical (unpaired) electrons. The Morgan fingerprint density at radius 2 is 1.96 bits per heavy atom. The molecule has 1 fully saturated rings. The molecule has 1 saturated carbocycles. The fourth-order valence-electron chi connectivity index (χ4n) is 3.90. The van der Waals surface area contributed by atoms with E-state index in [4.69, 9.17) is 11.6 Å². The number of nitrogens with zero attached hydrogens (tertiary/aromatic N) is 2. The Bertz CT molecular complexity index is 904. The van der Waals surface area contributed by atoms with Crippen molar-refractivity contribution in [1.29, 1.82) is 0 Å². The highest BCUT2D eigenvalue weighted by Gasteiger charge is 2.35. The van der Waals surface area contributed by atoms with Crippen molar-refractivity contribution in [2.45, 2.75) is 19.4 Å². The highest BCUT2D eigenvalue weighted by molar-refractivity contribution is 6.30. The lowest BCUT2D eigenvalue weighted by atomic mass is 9.94. The molecule has 0 unspecified atom stereocenters. The molecule has 6 heteroatoms. The minimum absolute atomic E-state index is 0.0725. The average Bonchev–Trinajstić information content (AvgIpc) is 3.26. The molecule has 2 bridgehead atoms. The Kier molecular flexibility index (Phi) is 4.64. The van der Waals surface area contributed by atoms with Crippen molar-refractivity contribution in [3.8, 4) is 11.3 Å². The normalized spacial score (nSPS) is 23.3. The number of halogens is 1. The third kappa shape index (κ3) is 3.58. The van der Waals surface area contributed by atoms with Crippen LogP contribution in [0, 0.1) is 17.8 Å². The van der Waals surface area contributed by atoms with E-state index in [0.29, 0.717) is 35.0 Å². The van der Waals surface area contributed by atoms with Crippen LogP contribution in [0.2, 0.25) is 5.02 Å². The summed E-state index contributed by atoms with van der Waals surface area (Å²) in [6.07, 6.45) is 6.91. The maximum Gasteiger partial charge on any atom is 0.267 e.